The van der Waals surface area contributed by atoms with E-state index in [0.29, 0.717) is 0 Å². The predicted octanol–water partition coefficient (Wildman–Crippen LogP) is 13.7. The highest BCUT2D eigenvalue weighted by atomic mass is 32.1. The molecule has 4 aromatic heterocycles. The minimum Gasteiger partial charge on any atom is -0.255 e. The van der Waals surface area contributed by atoms with E-state index in [1.54, 1.807) is 11.3 Å². The lowest BCUT2D eigenvalue weighted by Crippen LogP contribution is -1.91. The van der Waals surface area contributed by atoms with Crippen LogP contribution in [0.15, 0.2) is 128 Å². The number of thiophene rings is 2. The van der Waals surface area contributed by atoms with E-state index in [0.717, 1.165) is 28.9 Å². The summed E-state index contributed by atoms with van der Waals surface area (Å²) in [5.41, 5.74) is 11.9. The molecule has 240 valence electrons. The molecule has 0 fully saturated rings. The maximum absolute atomic E-state index is 4.87. The maximum atomic E-state index is 4.87. The van der Waals surface area contributed by atoms with Crippen LogP contribution in [0.5, 0.6) is 0 Å². The van der Waals surface area contributed by atoms with Gasteiger partial charge in [0.1, 0.15) is 0 Å². The average molecular weight is 679 g/mol. The van der Waals surface area contributed by atoms with Gasteiger partial charge in [0.05, 0.1) is 20.8 Å². The third-order valence-corrected chi connectivity index (χ3v) is 12.7. The van der Waals surface area contributed by atoms with Gasteiger partial charge in [0, 0.05) is 38.7 Å². The summed E-state index contributed by atoms with van der Waals surface area (Å²) in [4.78, 5) is 12.4. The molecule has 0 aliphatic heterocycles. The fourth-order valence-corrected chi connectivity index (χ4v) is 10.1. The minimum absolute atomic E-state index is 1.02. The Kier molecular flexibility index (Phi) is 7.45. The molecule has 9 aromatic rings. The van der Waals surface area contributed by atoms with Gasteiger partial charge in [-0.15, -0.1) is 22.7 Å². The first-order valence-corrected chi connectivity index (χ1v) is 18.7. The molecule has 4 heteroatoms. The standard InChI is InChI=1S/C46H34N2S2/c1-5-33-28(4)49-46-39(33)24-26-48-44(46)32-21-17-30(18-22-32)42-37-13-9-7-11-35(37)41(36-12-8-10-14-38(36)42)29-15-19-31(20-16-29)43-45-34(23-25-47-43)27(3)40(6-2)50-45/h5,7-26H,1,6H2,2-4H3. The number of aromatic nitrogens is 2. The van der Waals surface area contributed by atoms with Gasteiger partial charge in [0.2, 0.25) is 0 Å². The van der Waals surface area contributed by atoms with Crippen molar-refractivity contribution < 1.29 is 0 Å². The van der Waals surface area contributed by atoms with Gasteiger partial charge in [-0.05, 0) is 92.7 Å². The zero-order valence-corrected chi connectivity index (χ0v) is 29.9. The zero-order valence-electron chi connectivity index (χ0n) is 28.2. The summed E-state index contributed by atoms with van der Waals surface area (Å²) in [6.07, 6.45) is 6.87. The van der Waals surface area contributed by atoms with E-state index in [9.17, 15) is 0 Å². The average Bonchev–Trinajstić information content (AvgIpc) is 3.68. The molecule has 0 bridgehead atoms. The summed E-state index contributed by atoms with van der Waals surface area (Å²) in [5, 5.41) is 7.52. The van der Waals surface area contributed by atoms with Crippen LogP contribution in [0.2, 0.25) is 0 Å². The topological polar surface area (TPSA) is 25.8 Å². The third-order valence-electron chi connectivity index (χ3n) is 10.1. The van der Waals surface area contributed by atoms with Crippen LogP contribution >= 0.6 is 22.7 Å². The normalized spacial score (nSPS) is 11.7. The molecule has 0 unspecified atom stereocenters. The van der Waals surface area contributed by atoms with Gasteiger partial charge in [-0.2, -0.15) is 0 Å². The first kappa shape index (κ1) is 30.6. The number of pyridine rings is 2. The van der Waals surface area contributed by atoms with Crippen LogP contribution in [0.3, 0.4) is 0 Å². The van der Waals surface area contributed by atoms with E-state index in [2.05, 4.69) is 137 Å². The molecule has 0 amide bonds. The Balaban J connectivity index is 1.18. The molecule has 0 spiro atoms. The second-order valence-corrected chi connectivity index (χ2v) is 15.2. The first-order chi connectivity index (χ1) is 24.6. The second kappa shape index (κ2) is 12.2. The molecule has 0 radical (unpaired) electrons. The van der Waals surface area contributed by atoms with Crippen molar-refractivity contribution in [2.45, 2.75) is 27.2 Å². The highest BCUT2D eigenvalue weighted by Gasteiger charge is 2.19. The molecule has 5 aromatic carbocycles. The number of benzene rings is 5. The Labute approximate surface area is 300 Å². The van der Waals surface area contributed by atoms with E-state index in [1.165, 1.54) is 84.9 Å². The maximum Gasteiger partial charge on any atom is 0.0880 e. The number of hydrogen-bond donors (Lipinski definition) is 0. The number of nitrogens with zero attached hydrogens (tertiary/aromatic N) is 2. The van der Waals surface area contributed by atoms with Crippen LogP contribution in [0.4, 0.5) is 0 Å². The smallest absolute Gasteiger partial charge is 0.0880 e. The Morgan fingerprint density at radius 1 is 0.540 bits per heavy atom. The lowest BCUT2D eigenvalue weighted by Gasteiger charge is -2.18. The molecule has 2 nitrogen and oxygen atoms in total. The van der Waals surface area contributed by atoms with Gasteiger partial charge in [0.25, 0.3) is 0 Å². The molecule has 0 aliphatic rings. The van der Waals surface area contributed by atoms with Crippen molar-refractivity contribution in [1.82, 2.24) is 9.97 Å². The van der Waals surface area contributed by atoms with E-state index < -0.39 is 0 Å². The highest BCUT2D eigenvalue weighted by molar-refractivity contribution is 7.20. The quantitative estimate of drug-likeness (QED) is 0.164. The van der Waals surface area contributed by atoms with Crippen LogP contribution in [0.1, 0.15) is 27.8 Å². The number of rotatable bonds is 6. The third kappa shape index (κ3) is 4.74. The zero-order chi connectivity index (χ0) is 33.9. The number of aryl methyl sites for hydroxylation is 3. The molecule has 9 rings (SSSR count). The van der Waals surface area contributed by atoms with Gasteiger partial charge in [-0.1, -0.05) is 117 Å². The number of hydrogen-bond acceptors (Lipinski definition) is 4. The lowest BCUT2D eigenvalue weighted by molar-refractivity contribution is 1.16. The SMILES string of the molecule is C=Cc1c(C)sc2c(-c3ccc(-c4c5ccccc5c(-c5ccc(-c6nccc7c(C)c(CC)sc67)cc5)c5ccccc45)cc3)nccc12. The van der Waals surface area contributed by atoms with Crippen molar-refractivity contribution >= 4 is 70.5 Å². The van der Waals surface area contributed by atoms with Gasteiger partial charge in [-0.25, -0.2) is 0 Å². The fraction of sp³-hybridized carbons (Fsp3) is 0.0870. The van der Waals surface area contributed by atoms with Crippen molar-refractivity contribution in [3.63, 3.8) is 0 Å². The van der Waals surface area contributed by atoms with Gasteiger partial charge in [-0.3, -0.25) is 9.97 Å². The Bertz CT molecular complexity index is 2710. The largest absolute Gasteiger partial charge is 0.255 e. The molecule has 0 aliphatic carbocycles. The fourth-order valence-electron chi connectivity index (χ4n) is 7.70. The predicted molar refractivity (Wildman–Crippen MR) is 218 cm³/mol. The second-order valence-electron chi connectivity index (χ2n) is 12.8. The summed E-state index contributed by atoms with van der Waals surface area (Å²) in [5.74, 6) is 0. The highest BCUT2D eigenvalue weighted by Crippen LogP contribution is 2.45. The summed E-state index contributed by atoms with van der Waals surface area (Å²) >= 11 is 3.68. The van der Waals surface area contributed by atoms with Crippen LogP contribution < -0.4 is 0 Å². The summed E-state index contributed by atoms with van der Waals surface area (Å²) < 4.78 is 2.49. The first-order valence-electron chi connectivity index (χ1n) is 17.1. The van der Waals surface area contributed by atoms with E-state index >= 15 is 0 Å². The van der Waals surface area contributed by atoms with Crippen molar-refractivity contribution in [1.29, 1.82) is 0 Å². The van der Waals surface area contributed by atoms with E-state index in [4.69, 9.17) is 9.97 Å². The van der Waals surface area contributed by atoms with Crippen molar-refractivity contribution in [2.24, 2.45) is 0 Å². The molecule has 4 heterocycles. The Hall–Kier alpha value is -5.42. The van der Waals surface area contributed by atoms with Crippen molar-refractivity contribution in [3.8, 4) is 44.8 Å². The van der Waals surface area contributed by atoms with Crippen LogP contribution in [-0.2, 0) is 6.42 Å². The van der Waals surface area contributed by atoms with Crippen molar-refractivity contribution in [2.75, 3.05) is 0 Å². The summed E-state index contributed by atoms with van der Waals surface area (Å²) in [6.45, 7) is 10.7. The van der Waals surface area contributed by atoms with Crippen molar-refractivity contribution in [3.05, 3.63) is 149 Å². The molecule has 0 saturated heterocycles. The Morgan fingerprint density at radius 2 is 0.980 bits per heavy atom. The van der Waals surface area contributed by atoms with Crippen LogP contribution in [-0.4, -0.2) is 9.97 Å². The van der Waals surface area contributed by atoms with E-state index in [1.807, 2.05) is 29.8 Å². The van der Waals surface area contributed by atoms with Gasteiger partial charge < -0.3 is 0 Å². The van der Waals surface area contributed by atoms with Crippen LogP contribution in [0, 0.1) is 13.8 Å². The summed E-state index contributed by atoms with van der Waals surface area (Å²) in [7, 11) is 0. The van der Waals surface area contributed by atoms with E-state index in [-0.39, 0.29) is 0 Å². The molecular weight excluding hydrogens is 645 g/mol. The monoisotopic (exact) mass is 678 g/mol. The van der Waals surface area contributed by atoms with Crippen LogP contribution in [0.25, 0.3) is 92.6 Å². The Morgan fingerprint density at radius 3 is 1.44 bits per heavy atom. The van der Waals surface area contributed by atoms with Gasteiger partial charge in [0.15, 0.2) is 0 Å². The molecule has 0 atom stereocenters. The summed E-state index contributed by atoms with van der Waals surface area (Å²) in [6, 6.07) is 40.0. The molecule has 50 heavy (non-hydrogen) atoms. The number of fused-ring (bicyclic) bond motifs is 4. The lowest BCUT2D eigenvalue weighted by atomic mass is 9.85. The minimum atomic E-state index is 1.02. The molecule has 0 saturated carbocycles. The molecular formula is C46H34N2S2. The van der Waals surface area contributed by atoms with Gasteiger partial charge >= 0.3 is 0 Å². The molecule has 0 N–H and O–H groups in total.